The van der Waals surface area contributed by atoms with Crippen molar-refractivity contribution >= 4 is 35.2 Å². The molecule has 1 aliphatic rings. The van der Waals surface area contributed by atoms with Gasteiger partial charge in [0.25, 0.3) is 11.8 Å². The number of thiophene rings is 1. The van der Waals surface area contributed by atoms with Crippen LogP contribution in [0.15, 0.2) is 47.9 Å². The second kappa shape index (κ2) is 5.95. The van der Waals surface area contributed by atoms with Crippen molar-refractivity contribution in [3.8, 4) is 0 Å². The Morgan fingerprint density at radius 3 is 2.36 bits per heavy atom. The summed E-state index contributed by atoms with van der Waals surface area (Å²) < 4.78 is 4.96. The van der Waals surface area contributed by atoms with E-state index in [0.29, 0.717) is 11.1 Å². The summed E-state index contributed by atoms with van der Waals surface area (Å²) in [5.74, 6) is -1.50. The zero-order chi connectivity index (χ0) is 15.5. The lowest BCUT2D eigenvalue weighted by molar-refractivity contribution is -0.140. The molecule has 1 aliphatic heterocycles. The van der Waals surface area contributed by atoms with Crippen molar-refractivity contribution < 1.29 is 19.1 Å². The molecule has 0 bridgehead atoms. The highest BCUT2D eigenvalue weighted by atomic mass is 32.1. The fraction of sp³-hybridized carbons (Fsp3) is 0.0625. The van der Waals surface area contributed by atoms with Crippen LogP contribution >= 0.6 is 11.3 Å². The van der Waals surface area contributed by atoms with Crippen molar-refractivity contribution in [2.24, 2.45) is 0 Å². The van der Waals surface area contributed by atoms with E-state index in [9.17, 15) is 14.4 Å². The van der Waals surface area contributed by atoms with Gasteiger partial charge in [-0.2, -0.15) is 0 Å². The van der Waals surface area contributed by atoms with Gasteiger partial charge in [0.1, 0.15) is 0 Å². The third-order valence-corrected chi connectivity index (χ3v) is 3.98. The molecular formula is C16H11NO4S. The molecule has 0 radical (unpaired) electrons. The van der Waals surface area contributed by atoms with Gasteiger partial charge in [0.15, 0.2) is 6.73 Å². The number of ether oxygens (including phenoxy) is 1. The molecule has 2 amide bonds. The molecule has 0 aliphatic carbocycles. The fourth-order valence-corrected chi connectivity index (χ4v) is 2.69. The average molecular weight is 313 g/mol. The highest BCUT2D eigenvalue weighted by Crippen LogP contribution is 2.22. The standard InChI is InChI=1S/C16H11NO4S/c18-14(8-7-11-4-3-9-22-11)21-10-17-15(19)12-5-1-2-6-13(12)16(17)20/h1-9H,10H2. The molecule has 2 heterocycles. The first-order valence-corrected chi connectivity index (χ1v) is 7.38. The molecule has 6 heteroatoms. The summed E-state index contributed by atoms with van der Waals surface area (Å²) in [6.07, 6.45) is 2.89. The number of imide groups is 1. The monoisotopic (exact) mass is 313 g/mol. The van der Waals surface area contributed by atoms with Gasteiger partial charge in [-0.25, -0.2) is 9.69 Å². The van der Waals surface area contributed by atoms with Gasteiger partial charge >= 0.3 is 5.97 Å². The quantitative estimate of drug-likeness (QED) is 0.494. The van der Waals surface area contributed by atoms with Crippen LogP contribution in [0, 0.1) is 0 Å². The van der Waals surface area contributed by atoms with Crippen LogP contribution in [0.2, 0.25) is 0 Å². The lowest BCUT2D eigenvalue weighted by Gasteiger charge is -2.12. The first-order chi connectivity index (χ1) is 10.7. The summed E-state index contributed by atoms with van der Waals surface area (Å²) in [6, 6.07) is 10.3. The zero-order valence-electron chi connectivity index (χ0n) is 11.4. The van der Waals surface area contributed by atoms with E-state index in [2.05, 4.69) is 0 Å². The average Bonchev–Trinajstić information content (AvgIpc) is 3.13. The molecule has 1 aromatic heterocycles. The molecule has 2 aromatic rings. The van der Waals surface area contributed by atoms with Crippen LogP contribution in [0.3, 0.4) is 0 Å². The van der Waals surface area contributed by atoms with Crippen molar-refractivity contribution in [2.45, 2.75) is 0 Å². The second-order valence-corrected chi connectivity index (χ2v) is 5.50. The van der Waals surface area contributed by atoms with E-state index in [1.165, 1.54) is 17.4 Å². The molecule has 0 N–H and O–H groups in total. The van der Waals surface area contributed by atoms with E-state index in [1.54, 1.807) is 30.3 Å². The van der Waals surface area contributed by atoms with Gasteiger partial charge in [-0.3, -0.25) is 9.59 Å². The van der Waals surface area contributed by atoms with Crippen LogP contribution in [-0.2, 0) is 9.53 Å². The molecule has 0 fully saturated rings. The molecule has 22 heavy (non-hydrogen) atoms. The van der Waals surface area contributed by atoms with Crippen LogP contribution in [-0.4, -0.2) is 29.4 Å². The van der Waals surface area contributed by atoms with Crippen molar-refractivity contribution in [3.05, 3.63) is 63.9 Å². The summed E-state index contributed by atoms with van der Waals surface area (Å²) in [4.78, 5) is 37.6. The van der Waals surface area contributed by atoms with Gasteiger partial charge in [-0.05, 0) is 29.7 Å². The fourth-order valence-electron chi connectivity index (χ4n) is 2.07. The highest BCUT2D eigenvalue weighted by Gasteiger charge is 2.35. The molecule has 5 nitrogen and oxygen atoms in total. The van der Waals surface area contributed by atoms with Gasteiger partial charge in [0, 0.05) is 11.0 Å². The molecule has 3 rings (SSSR count). The maximum atomic E-state index is 12.1. The molecule has 0 unspecified atom stereocenters. The van der Waals surface area contributed by atoms with E-state index in [4.69, 9.17) is 4.74 Å². The Bertz CT molecular complexity index is 729. The summed E-state index contributed by atoms with van der Waals surface area (Å²) in [7, 11) is 0. The minimum Gasteiger partial charge on any atom is -0.441 e. The Morgan fingerprint density at radius 2 is 1.77 bits per heavy atom. The van der Waals surface area contributed by atoms with E-state index in [0.717, 1.165) is 9.78 Å². The first-order valence-electron chi connectivity index (χ1n) is 6.50. The summed E-state index contributed by atoms with van der Waals surface area (Å²) in [5.41, 5.74) is 0.662. The number of hydrogen-bond donors (Lipinski definition) is 0. The molecule has 0 spiro atoms. The summed E-state index contributed by atoms with van der Waals surface area (Å²) in [5, 5.41) is 1.89. The molecule has 0 atom stereocenters. The minimum atomic E-state index is -0.607. The van der Waals surface area contributed by atoms with E-state index in [-0.39, 0.29) is 6.73 Å². The van der Waals surface area contributed by atoms with Crippen LogP contribution in [0.5, 0.6) is 0 Å². The van der Waals surface area contributed by atoms with E-state index >= 15 is 0 Å². The van der Waals surface area contributed by atoms with Gasteiger partial charge < -0.3 is 4.74 Å². The van der Waals surface area contributed by atoms with Crippen LogP contribution in [0.1, 0.15) is 25.6 Å². The number of esters is 1. The summed E-state index contributed by atoms with van der Waals surface area (Å²) >= 11 is 1.49. The van der Waals surface area contributed by atoms with Crippen molar-refractivity contribution in [3.63, 3.8) is 0 Å². The lowest BCUT2D eigenvalue weighted by atomic mass is 10.1. The van der Waals surface area contributed by atoms with Gasteiger partial charge in [0.05, 0.1) is 11.1 Å². The summed E-state index contributed by atoms with van der Waals surface area (Å²) in [6.45, 7) is -0.389. The minimum absolute atomic E-state index is 0.331. The third-order valence-electron chi connectivity index (χ3n) is 3.14. The van der Waals surface area contributed by atoms with Gasteiger partial charge in [-0.1, -0.05) is 18.2 Å². The maximum Gasteiger partial charge on any atom is 0.332 e. The SMILES string of the molecule is O=C(C=Cc1cccs1)OCN1C(=O)c2ccccc2C1=O. The largest absolute Gasteiger partial charge is 0.441 e. The molecule has 0 saturated heterocycles. The Labute approximate surface area is 130 Å². The number of hydrogen-bond acceptors (Lipinski definition) is 5. The number of nitrogens with zero attached hydrogens (tertiary/aromatic N) is 1. The third kappa shape index (κ3) is 2.68. The maximum absolute atomic E-state index is 12.1. The van der Waals surface area contributed by atoms with Crippen molar-refractivity contribution in [1.82, 2.24) is 4.90 Å². The predicted octanol–water partition coefficient (Wildman–Crippen LogP) is 2.56. The number of rotatable bonds is 4. The highest BCUT2D eigenvalue weighted by molar-refractivity contribution is 7.10. The topological polar surface area (TPSA) is 63.7 Å². The lowest BCUT2D eigenvalue weighted by Crippen LogP contribution is -2.32. The zero-order valence-corrected chi connectivity index (χ0v) is 12.2. The molecule has 1 aromatic carbocycles. The number of carbonyl (C=O) groups excluding carboxylic acids is 3. The second-order valence-electron chi connectivity index (χ2n) is 4.53. The first kappa shape index (κ1) is 14.2. The van der Waals surface area contributed by atoms with E-state index < -0.39 is 17.8 Å². The Morgan fingerprint density at radius 1 is 1.09 bits per heavy atom. The number of benzene rings is 1. The number of carbonyl (C=O) groups is 3. The van der Waals surface area contributed by atoms with Gasteiger partial charge in [-0.15, -0.1) is 11.3 Å². The predicted molar refractivity (Wildman–Crippen MR) is 81.3 cm³/mol. The van der Waals surface area contributed by atoms with Crippen LogP contribution in [0.25, 0.3) is 6.08 Å². The van der Waals surface area contributed by atoms with Gasteiger partial charge in [0.2, 0.25) is 0 Å². The molecule has 0 saturated carbocycles. The Kier molecular flexibility index (Phi) is 3.84. The smallest absolute Gasteiger partial charge is 0.332 e. The molecular weight excluding hydrogens is 302 g/mol. The van der Waals surface area contributed by atoms with Crippen LogP contribution < -0.4 is 0 Å². The van der Waals surface area contributed by atoms with Crippen molar-refractivity contribution in [1.29, 1.82) is 0 Å². The van der Waals surface area contributed by atoms with Crippen molar-refractivity contribution in [2.75, 3.05) is 6.73 Å². The Hall–Kier alpha value is -2.73. The molecule has 110 valence electrons. The number of fused-ring (bicyclic) bond motifs is 1. The normalized spacial score (nSPS) is 13.7. The number of amides is 2. The van der Waals surface area contributed by atoms with Crippen LogP contribution in [0.4, 0.5) is 0 Å². The Balaban J connectivity index is 1.62. The van der Waals surface area contributed by atoms with E-state index in [1.807, 2.05) is 17.5 Å².